The number of hydrogen-bond acceptors (Lipinski definition) is 3. The second-order valence-corrected chi connectivity index (χ2v) is 2.10. The standard InChI is InChI=1S/C7H12N2S/c1-6(3-4-9-2)7(8)5-10/h3-5,10H,8H2,1-2H3/b6-3+,7-5-,9-4-. The summed E-state index contributed by atoms with van der Waals surface area (Å²) in [6.45, 7) is 1.91. The number of hydrogen-bond donors (Lipinski definition) is 2. The first-order valence-electron chi connectivity index (χ1n) is 2.91. The zero-order valence-electron chi connectivity index (χ0n) is 6.20. The second kappa shape index (κ2) is 5.11. The monoisotopic (exact) mass is 156 g/mol. The minimum atomic E-state index is 0.670. The SMILES string of the molecule is C\N=C/C=C(C)/C(N)=C/S. The van der Waals surface area contributed by atoms with E-state index >= 15 is 0 Å². The van der Waals surface area contributed by atoms with E-state index in [9.17, 15) is 0 Å². The van der Waals surface area contributed by atoms with Crippen molar-refractivity contribution in [3.8, 4) is 0 Å². The first-order valence-corrected chi connectivity index (χ1v) is 3.43. The molecule has 10 heavy (non-hydrogen) atoms. The third kappa shape index (κ3) is 3.35. The molecule has 0 radical (unpaired) electrons. The van der Waals surface area contributed by atoms with Crippen molar-refractivity contribution < 1.29 is 0 Å². The van der Waals surface area contributed by atoms with Crippen molar-refractivity contribution in [2.45, 2.75) is 6.92 Å². The summed E-state index contributed by atoms with van der Waals surface area (Å²) in [5.41, 5.74) is 7.15. The topological polar surface area (TPSA) is 38.4 Å². The quantitative estimate of drug-likeness (QED) is 0.353. The van der Waals surface area contributed by atoms with Crippen LogP contribution in [0.5, 0.6) is 0 Å². The molecule has 0 fully saturated rings. The Bertz CT molecular complexity index is 180. The maximum atomic E-state index is 5.51. The van der Waals surface area contributed by atoms with Gasteiger partial charge in [-0.1, -0.05) is 0 Å². The Morgan fingerprint density at radius 1 is 1.60 bits per heavy atom. The van der Waals surface area contributed by atoms with Crippen LogP contribution in [0, 0.1) is 0 Å². The molecule has 0 aromatic carbocycles. The van der Waals surface area contributed by atoms with Crippen molar-refractivity contribution in [2.75, 3.05) is 7.05 Å². The molecule has 0 aliphatic rings. The van der Waals surface area contributed by atoms with E-state index in [1.54, 1.807) is 18.7 Å². The zero-order chi connectivity index (χ0) is 7.98. The summed E-state index contributed by atoms with van der Waals surface area (Å²) in [7, 11) is 1.71. The van der Waals surface area contributed by atoms with Gasteiger partial charge in [0.25, 0.3) is 0 Å². The molecule has 0 bridgehead atoms. The van der Waals surface area contributed by atoms with Crippen LogP contribution < -0.4 is 5.73 Å². The van der Waals surface area contributed by atoms with Crippen molar-refractivity contribution >= 4 is 18.8 Å². The van der Waals surface area contributed by atoms with Gasteiger partial charge in [-0.25, -0.2) is 0 Å². The van der Waals surface area contributed by atoms with Gasteiger partial charge < -0.3 is 5.73 Å². The molecule has 0 saturated carbocycles. The minimum absolute atomic E-state index is 0.670. The van der Waals surface area contributed by atoms with E-state index in [2.05, 4.69) is 17.6 Å². The van der Waals surface area contributed by atoms with E-state index in [4.69, 9.17) is 5.73 Å². The Morgan fingerprint density at radius 3 is 2.60 bits per heavy atom. The van der Waals surface area contributed by atoms with Crippen molar-refractivity contribution in [1.29, 1.82) is 0 Å². The summed E-state index contributed by atoms with van der Waals surface area (Å²) in [6, 6.07) is 0. The van der Waals surface area contributed by atoms with Gasteiger partial charge in [0.2, 0.25) is 0 Å². The van der Waals surface area contributed by atoms with Crippen LogP contribution in [0.4, 0.5) is 0 Å². The summed E-state index contributed by atoms with van der Waals surface area (Å²) in [4.78, 5) is 3.78. The third-order valence-corrected chi connectivity index (χ3v) is 1.35. The van der Waals surface area contributed by atoms with Gasteiger partial charge in [0.05, 0.1) is 0 Å². The van der Waals surface area contributed by atoms with Gasteiger partial charge in [-0.15, -0.1) is 12.6 Å². The zero-order valence-corrected chi connectivity index (χ0v) is 7.10. The highest BCUT2D eigenvalue weighted by atomic mass is 32.1. The van der Waals surface area contributed by atoms with E-state index in [-0.39, 0.29) is 0 Å². The highest BCUT2D eigenvalue weighted by Crippen LogP contribution is 2.01. The summed E-state index contributed by atoms with van der Waals surface area (Å²) in [5.74, 6) is 0. The van der Waals surface area contributed by atoms with Crippen LogP contribution in [0.2, 0.25) is 0 Å². The van der Waals surface area contributed by atoms with Gasteiger partial charge in [0, 0.05) is 19.0 Å². The molecule has 0 aromatic rings. The molecule has 2 nitrogen and oxygen atoms in total. The Labute approximate surface area is 66.9 Å². The lowest BCUT2D eigenvalue weighted by Crippen LogP contribution is -1.96. The second-order valence-electron chi connectivity index (χ2n) is 1.84. The molecule has 0 saturated heterocycles. The Hall–Kier alpha value is -0.700. The van der Waals surface area contributed by atoms with Crippen LogP contribution in [-0.2, 0) is 0 Å². The Balaban J connectivity index is 4.19. The molecule has 0 aromatic heterocycles. The van der Waals surface area contributed by atoms with Crippen LogP contribution in [0.3, 0.4) is 0 Å². The fourth-order valence-corrected chi connectivity index (χ4v) is 0.588. The van der Waals surface area contributed by atoms with Crippen molar-refractivity contribution in [3.63, 3.8) is 0 Å². The van der Waals surface area contributed by atoms with E-state index in [1.165, 1.54) is 0 Å². The number of nitrogens with two attached hydrogens (primary N) is 1. The number of aliphatic imine (C=N–C) groups is 1. The fraction of sp³-hybridized carbons (Fsp3) is 0.286. The molecule has 3 heteroatoms. The first kappa shape index (κ1) is 9.30. The molecule has 0 unspecified atom stereocenters. The molecule has 0 rings (SSSR count). The highest BCUT2D eigenvalue weighted by molar-refractivity contribution is 7.83. The van der Waals surface area contributed by atoms with Crippen LogP contribution >= 0.6 is 12.6 Å². The summed E-state index contributed by atoms with van der Waals surface area (Å²) in [6.07, 6.45) is 3.53. The molecule has 0 amide bonds. The van der Waals surface area contributed by atoms with Crippen LogP contribution in [0.25, 0.3) is 0 Å². The van der Waals surface area contributed by atoms with Crippen molar-refractivity contribution in [1.82, 2.24) is 0 Å². The van der Waals surface area contributed by atoms with E-state index in [1.807, 2.05) is 13.0 Å². The Morgan fingerprint density at radius 2 is 2.20 bits per heavy atom. The largest absolute Gasteiger partial charge is 0.398 e. The predicted molar refractivity (Wildman–Crippen MR) is 49.4 cm³/mol. The van der Waals surface area contributed by atoms with Gasteiger partial charge in [0.1, 0.15) is 0 Å². The van der Waals surface area contributed by atoms with E-state index in [0.29, 0.717) is 5.70 Å². The Kier molecular flexibility index (Phi) is 4.76. The lowest BCUT2D eigenvalue weighted by Gasteiger charge is -1.95. The average Bonchev–Trinajstić information content (AvgIpc) is 1.98. The third-order valence-electron chi connectivity index (χ3n) is 1.07. The summed E-state index contributed by atoms with van der Waals surface area (Å²) < 4.78 is 0. The molecular weight excluding hydrogens is 144 g/mol. The van der Waals surface area contributed by atoms with Gasteiger partial charge in [0.15, 0.2) is 0 Å². The van der Waals surface area contributed by atoms with Gasteiger partial charge in [-0.05, 0) is 24.0 Å². The number of rotatable bonds is 2. The molecule has 0 aliphatic heterocycles. The molecule has 0 aliphatic carbocycles. The maximum Gasteiger partial charge on any atom is 0.0405 e. The lowest BCUT2D eigenvalue weighted by atomic mass is 10.2. The average molecular weight is 156 g/mol. The summed E-state index contributed by atoms with van der Waals surface area (Å²) in [5, 5.41) is 1.56. The number of allylic oxidation sites excluding steroid dienone is 2. The predicted octanol–water partition coefficient (Wildman–Crippen LogP) is 1.36. The van der Waals surface area contributed by atoms with Crippen LogP contribution in [-0.4, -0.2) is 13.3 Å². The lowest BCUT2D eigenvalue weighted by molar-refractivity contribution is 1.31. The first-order chi connectivity index (χ1) is 4.72. The van der Waals surface area contributed by atoms with Crippen molar-refractivity contribution in [3.05, 3.63) is 22.8 Å². The summed E-state index contributed by atoms with van der Waals surface area (Å²) >= 11 is 3.90. The fourth-order valence-electron chi connectivity index (χ4n) is 0.384. The van der Waals surface area contributed by atoms with Gasteiger partial charge >= 0.3 is 0 Å². The molecule has 0 heterocycles. The smallest absolute Gasteiger partial charge is 0.0405 e. The van der Waals surface area contributed by atoms with E-state index < -0.39 is 0 Å². The van der Waals surface area contributed by atoms with Crippen molar-refractivity contribution in [2.24, 2.45) is 10.7 Å². The van der Waals surface area contributed by atoms with Crippen LogP contribution in [0.1, 0.15) is 6.92 Å². The minimum Gasteiger partial charge on any atom is -0.398 e. The molecule has 0 atom stereocenters. The molecule has 0 spiro atoms. The van der Waals surface area contributed by atoms with Gasteiger partial charge in [-0.2, -0.15) is 0 Å². The number of nitrogens with zero attached hydrogens (tertiary/aromatic N) is 1. The highest BCUT2D eigenvalue weighted by Gasteiger charge is 1.87. The molecule has 56 valence electrons. The molecular formula is C7H12N2S. The van der Waals surface area contributed by atoms with Crippen LogP contribution in [0.15, 0.2) is 27.7 Å². The van der Waals surface area contributed by atoms with Gasteiger partial charge in [-0.3, -0.25) is 4.99 Å². The number of thiol groups is 1. The molecule has 2 N–H and O–H groups in total. The van der Waals surface area contributed by atoms with E-state index in [0.717, 1.165) is 5.57 Å². The maximum absolute atomic E-state index is 5.51. The normalized spacial score (nSPS) is 14.7.